The number of hydrogen-bond acceptors (Lipinski definition) is 2. The lowest BCUT2D eigenvalue weighted by atomic mass is 9.77. The molecule has 0 N–H and O–H groups in total. The third kappa shape index (κ3) is 3.01. The molecule has 0 unspecified atom stereocenters. The first kappa shape index (κ1) is 14.2. The Hall–Kier alpha value is -0.250. The molecule has 1 atom stereocenters. The fraction of sp³-hybridized carbons (Fsp3) is 0.929. The molecule has 1 saturated heterocycles. The fourth-order valence-electron chi connectivity index (χ4n) is 3.12. The number of carbonyl (C=O) groups excluding carboxylic acids is 1. The van der Waals surface area contributed by atoms with E-state index in [2.05, 4.69) is 15.9 Å². The van der Waals surface area contributed by atoms with E-state index in [1.807, 2.05) is 25.7 Å². The van der Waals surface area contributed by atoms with Gasteiger partial charge in [-0.3, -0.25) is 0 Å². The van der Waals surface area contributed by atoms with Crippen LogP contribution in [0.3, 0.4) is 0 Å². The van der Waals surface area contributed by atoms with Crippen LogP contribution in [0.5, 0.6) is 0 Å². The van der Waals surface area contributed by atoms with Crippen LogP contribution in [0.25, 0.3) is 0 Å². The van der Waals surface area contributed by atoms with Crippen LogP contribution in [0, 0.1) is 5.41 Å². The zero-order chi connectivity index (χ0) is 13.4. The number of alkyl halides is 1. The second-order valence-electron chi connectivity index (χ2n) is 6.69. The summed E-state index contributed by atoms with van der Waals surface area (Å²) in [6, 6.07) is 0. The molecule has 1 aliphatic carbocycles. The van der Waals surface area contributed by atoms with Crippen LogP contribution in [0.2, 0.25) is 0 Å². The minimum Gasteiger partial charge on any atom is -0.444 e. The van der Waals surface area contributed by atoms with Gasteiger partial charge in [0.2, 0.25) is 0 Å². The van der Waals surface area contributed by atoms with Crippen molar-refractivity contribution in [2.24, 2.45) is 5.41 Å². The second-order valence-corrected chi connectivity index (χ2v) is 7.79. The first-order valence-electron chi connectivity index (χ1n) is 6.94. The molecular weight excluding hydrogens is 294 g/mol. The van der Waals surface area contributed by atoms with E-state index >= 15 is 0 Å². The summed E-state index contributed by atoms with van der Waals surface area (Å²) in [6.07, 6.45) is 5.99. The van der Waals surface area contributed by atoms with Crippen molar-refractivity contribution in [3.05, 3.63) is 0 Å². The van der Waals surface area contributed by atoms with Gasteiger partial charge in [-0.05, 0) is 51.9 Å². The summed E-state index contributed by atoms with van der Waals surface area (Å²) in [5.74, 6) is 0. The Labute approximate surface area is 118 Å². The van der Waals surface area contributed by atoms with Gasteiger partial charge in [-0.15, -0.1) is 0 Å². The van der Waals surface area contributed by atoms with Gasteiger partial charge in [0.1, 0.15) is 5.60 Å². The highest BCUT2D eigenvalue weighted by molar-refractivity contribution is 9.09. The van der Waals surface area contributed by atoms with E-state index < -0.39 is 5.60 Å². The molecule has 0 radical (unpaired) electrons. The number of nitrogens with zero attached hydrogens (tertiary/aromatic N) is 1. The summed E-state index contributed by atoms with van der Waals surface area (Å²) < 4.78 is 5.43. The largest absolute Gasteiger partial charge is 0.444 e. The van der Waals surface area contributed by atoms with Crippen LogP contribution < -0.4 is 0 Å². The van der Waals surface area contributed by atoms with Gasteiger partial charge in [0, 0.05) is 17.9 Å². The second kappa shape index (κ2) is 5.03. The van der Waals surface area contributed by atoms with Gasteiger partial charge in [0.05, 0.1) is 0 Å². The Balaban J connectivity index is 1.89. The number of hydrogen-bond donors (Lipinski definition) is 0. The van der Waals surface area contributed by atoms with Crippen molar-refractivity contribution >= 4 is 22.0 Å². The van der Waals surface area contributed by atoms with Crippen molar-refractivity contribution in [2.45, 2.75) is 63.3 Å². The maximum Gasteiger partial charge on any atom is 0.410 e. The average molecular weight is 318 g/mol. The topological polar surface area (TPSA) is 29.5 Å². The van der Waals surface area contributed by atoms with Crippen molar-refractivity contribution in [1.29, 1.82) is 0 Å². The van der Waals surface area contributed by atoms with Gasteiger partial charge in [0.15, 0.2) is 0 Å². The molecule has 18 heavy (non-hydrogen) atoms. The average Bonchev–Trinajstić information content (AvgIpc) is 2.59. The van der Waals surface area contributed by atoms with Gasteiger partial charge in [0.25, 0.3) is 0 Å². The molecule has 1 spiro atoms. The smallest absolute Gasteiger partial charge is 0.410 e. The van der Waals surface area contributed by atoms with Crippen LogP contribution in [-0.4, -0.2) is 34.5 Å². The maximum atomic E-state index is 12.0. The summed E-state index contributed by atoms with van der Waals surface area (Å²) in [7, 11) is 0. The first-order valence-corrected chi connectivity index (χ1v) is 7.86. The third-order valence-corrected chi connectivity index (χ3v) is 5.64. The normalized spacial score (nSPS) is 27.6. The van der Waals surface area contributed by atoms with E-state index in [0.29, 0.717) is 10.2 Å². The number of carbonyl (C=O) groups is 1. The quantitative estimate of drug-likeness (QED) is 0.633. The molecule has 2 rings (SSSR count). The third-order valence-electron chi connectivity index (χ3n) is 4.21. The highest BCUT2D eigenvalue weighted by atomic mass is 79.9. The van der Waals surface area contributed by atoms with E-state index in [1.165, 1.54) is 19.3 Å². The van der Waals surface area contributed by atoms with E-state index in [-0.39, 0.29) is 6.09 Å². The van der Waals surface area contributed by atoms with Crippen molar-refractivity contribution < 1.29 is 9.53 Å². The Bertz CT molecular complexity index is 316. The minimum atomic E-state index is -0.391. The lowest BCUT2D eigenvalue weighted by Crippen LogP contribution is -2.46. The van der Waals surface area contributed by atoms with E-state index in [1.54, 1.807) is 0 Å². The zero-order valence-electron chi connectivity index (χ0n) is 11.7. The number of rotatable bonds is 0. The van der Waals surface area contributed by atoms with E-state index in [9.17, 15) is 4.79 Å². The van der Waals surface area contributed by atoms with Crippen LogP contribution >= 0.6 is 15.9 Å². The molecule has 1 saturated carbocycles. The van der Waals surface area contributed by atoms with E-state index in [0.717, 1.165) is 25.9 Å². The van der Waals surface area contributed by atoms with Gasteiger partial charge in [-0.2, -0.15) is 0 Å². The molecule has 0 aromatic carbocycles. The predicted molar refractivity (Wildman–Crippen MR) is 76.0 cm³/mol. The highest BCUT2D eigenvalue weighted by Crippen LogP contribution is 2.49. The summed E-state index contributed by atoms with van der Waals surface area (Å²) in [5.41, 5.74) is 0.0516. The number of piperidine rings is 1. The maximum absolute atomic E-state index is 12.0. The van der Waals surface area contributed by atoms with Crippen molar-refractivity contribution in [2.75, 3.05) is 13.1 Å². The fourth-order valence-corrected chi connectivity index (χ4v) is 4.13. The summed E-state index contributed by atoms with van der Waals surface area (Å²) in [5, 5.41) is 0. The van der Waals surface area contributed by atoms with Crippen molar-refractivity contribution in [3.63, 3.8) is 0 Å². The zero-order valence-corrected chi connectivity index (χ0v) is 13.3. The van der Waals surface area contributed by atoms with Gasteiger partial charge >= 0.3 is 6.09 Å². The highest BCUT2D eigenvalue weighted by Gasteiger charge is 2.44. The molecule has 4 heteroatoms. The first-order chi connectivity index (χ1) is 8.32. The lowest BCUT2D eigenvalue weighted by Gasteiger charge is -2.41. The van der Waals surface area contributed by atoms with Crippen molar-refractivity contribution in [3.8, 4) is 0 Å². The molecule has 1 aliphatic heterocycles. The number of ether oxygens (including phenoxy) is 1. The molecule has 3 nitrogen and oxygen atoms in total. The molecule has 2 aliphatic rings. The Morgan fingerprint density at radius 2 is 1.89 bits per heavy atom. The summed E-state index contributed by atoms with van der Waals surface area (Å²) in [4.78, 5) is 14.5. The molecule has 2 fully saturated rings. The SMILES string of the molecule is CC(C)(C)OC(=O)N1CCC2(CCC[C@H]2Br)CC1. The molecule has 1 heterocycles. The van der Waals surface area contributed by atoms with Gasteiger partial charge < -0.3 is 9.64 Å². The van der Waals surface area contributed by atoms with E-state index in [4.69, 9.17) is 4.74 Å². The Morgan fingerprint density at radius 3 is 2.33 bits per heavy atom. The monoisotopic (exact) mass is 317 g/mol. The van der Waals surface area contributed by atoms with Gasteiger partial charge in [-0.1, -0.05) is 22.4 Å². The van der Waals surface area contributed by atoms with Crippen molar-refractivity contribution in [1.82, 2.24) is 4.90 Å². The predicted octanol–water partition coefficient (Wildman–Crippen LogP) is 3.95. The van der Waals surface area contributed by atoms with Crippen LogP contribution in [0.15, 0.2) is 0 Å². The Morgan fingerprint density at radius 1 is 1.28 bits per heavy atom. The Kier molecular flexibility index (Phi) is 3.96. The van der Waals surface area contributed by atoms with Crippen LogP contribution in [0.4, 0.5) is 4.79 Å². The number of amides is 1. The summed E-state index contributed by atoms with van der Waals surface area (Å²) >= 11 is 3.83. The number of likely N-dealkylation sites (tertiary alicyclic amines) is 1. The summed E-state index contributed by atoms with van der Waals surface area (Å²) in [6.45, 7) is 7.44. The van der Waals surface area contributed by atoms with Crippen LogP contribution in [-0.2, 0) is 4.74 Å². The molecule has 1 amide bonds. The van der Waals surface area contributed by atoms with Gasteiger partial charge in [-0.25, -0.2) is 4.79 Å². The lowest BCUT2D eigenvalue weighted by molar-refractivity contribution is 0.0114. The standard InChI is InChI=1S/C14H24BrNO2/c1-13(2,3)18-12(17)16-9-7-14(8-10-16)6-4-5-11(14)15/h11H,4-10H2,1-3H3/t11-/m1/s1. The molecular formula is C14H24BrNO2. The number of halogens is 1. The molecule has 0 aromatic heterocycles. The molecule has 0 bridgehead atoms. The minimum absolute atomic E-state index is 0.151. The molecule has 0 aromatic rings. The van der Waals surface area contributed by atoms with Crippen LogP contribution in [0.1, 0.15) is 52.9 Å². The molecule has 104 valence electrons.